The highest BCUT2D eigenvalue weighted by atomic mass is 16.5. The highest BCUT2D eigenvalue weighted by Gasteiger charge is 2.41. The van der Waals surface area contributed by atoms with E-state index in [2.05, 4.69) is 9.47 Å². The van der Waals surface area contributed by atoms with Crippen molar-refractivity contribution in [2.24, 2.45) is 17.8 Å². The molecule has 0 radical (unpaired) electrons. The predicted molar refractivity (Wildman–Crippen MR) is 60.5 cm³/mol. The number of rotatable bonds is 6. The molecular weight excluding hydrogens is 240 g/mol. The second-order valence-corrected chi connectivity index (χ2v) is 4.11. The van der Waals surface area contributed by atoms with Gasteiger partial charge in [-0.1, -0.05) is 12.2 Å². The Hall–Kier alpha value is -1.85. The third kappa shape index (κ3) is 3.58. The van der Waals surface area contributed by atoms with E-state index in [1.165, 1.54) is 14.2 Å². The first-order valence-corrected chi connectivity index (χ1v) is 5.56. The summed E-state index contributed by atoms with van der Waals surface area (Å²) >= 11 is 0. The van der Waals surface area contributed by atoms with Crippen molar-refractivity contribution in [1.29, 1.82) is 0 Å². The molecule has 0 unspecified atom stereocenters. The fourth-order valence-corrected chi connectivity index (χ4v) is 1.67. The molecule has 1 aliphatic carbocycles. The summed E-state index contributed by atoms with van der Waals surface area (Å²) in [5.74, 6) is -3.45. The fraction of sp³-hybridized carbons (Fsp3) is 0.583. The number of ether oxygens (including phenoxy) is 2. The minimum Gasteiger partial charge on any atom is -0.481 e. The Morgan fingerprint density at radius 3 is 2.22 bits per heavy atom. The lowest BCUT2D eigenvalue weighted by atomic mass is 10.1. The Bertz CT molecular complexity index is 357. The molecule has 0 bridgehead atoms. The lowest BCUT2D eigenvalue weighted by molar-refractivity contribution is -0.158. The van der Waals surface area contributed by atoms with Gasteiger partial charge in [0.25, 0.3) is 0 Å². The highest BCUT2D eigenvalue weighted by molar-refractivity contribution is 5.94. The maximum atomic E-state index is 11.3. The first kappa shape index (κ1) is 14.2. The molecule has 100 valence electrons. The SMILES string of the molecule is COC(=O)C(C/C=C/[C@H]1C[C@H]1C(=O)O)C(=O)OC. The Morgan fingerprint density at radius 1 is 1.28 bits per heavy atom. The van der Waals surface area contributed by atoms with E-state index in [4.69, 9.17) is 5.11 Å². The Labute approximate surface area is 105 Å². The van der Waals surface area contributed by atoms with Crippen LogP contribution in [0.15, 0.2) is 12.2 Å². The average molecular weight is 256 g/mol. The van der Waals surface area contributed by atoms with Crippen LogP contribution in [0.1, 0.15) is 12.8 Å². The Balaban J connectivity index is 2.48. The number of carboxylic acids is 1. The highest BCUT2D eigenvalue weighted by Crippen LogP contribution is 2.39. The van der Waals surface area contributed by atoms with Crippen LogP contribution in [0.3, 0.4) is 0 Å². The van der Waals surface area contributed by atoms with Gasteiger partial charge in [-0.05, 0) is 18.8 Å². The van der Waals surface area contributed by atoms with Crippen molar-refractivity contribution in [3.05, 3.63) is 12.2 Å². The predicted octanol–water partition coefficient (Wildman–Crippen LogP) is 0.616. The van der Waals surface area contributed by atoms with Gasteiger partial charge in [-0.3, -0.25) is 14.4 Å². The zero-order chi connectivity index (χ0) is 13.7. The van der Waals surface area contributed by atoms with Crippen LogP contribution in [0, 0.1) is 17.8 Å². The number of hydrogen-bond donors (Lipinski definition) is 1. The summed E-state index contributed by atoms with van der Waals surface area (Å²) in [6, 6.07) is 0. The topological polar surface area (TPSA) is 89.9 Å². The third-order valence-electron chi connectivity index (χ3n) is 2.88. The van der Waals surface area contributed by atoms with Gasteiger partial charge in [0.15, 0.2) is 5.92 Å². The van der Waals surface area contributed by atoms with Crippen molar-refractivity contribution < 1.29 is 29.0 Å². The molecule has 0 saturated heterocycles. The summed E-state index contributed by atoms with van der Waals surface area (Å²) in [7, 11) is 2.40. The lowest BCUT2D eigenvalue weighted by Crippen LogP contribution is -2.25. The second-order valence-electron chi connectivity index (χ2n) is 4.11. The van der Waals surface area contributed by atoms with E-state index in [1.807, 2.05) is 0 Å². The standard InChI is InChI=1S/C12H16O6/c1-17-11(15)8(12(16)18-2)5-3-4-7-6-9(7)10(13)14/h3-4,7-9H,5-6H2,1-2H3,(H,13,14)/b4-3+/t7-,9+/m0/s1. The molecular formula is C12H16O6. The number of methoxy groups -OCH3 is 2. The van der Waals surface area contributed by atoms with Crippen LogP contribution in [0.4, 0.5) is 0 Å². The van der Waals surface area contributed by atoms with E-state index in [1.54, 1.807) is 12.2 Å². The van der Waals surface area contributed by atoms with Crippen LogP contribution in [0.5, 0.6) is 0 Å². The van der Waals surface area contributed by atoms with Gasteiger partial charge >= 0.3 is 17.9 Å². The van der Waals surface area contributed by atoms with E-state index in [0.29, 0.717) is 6.42 Å². The quantitative estimate of drug-likeness (QED) is 0.425. The average Bonchev–Trinajstić information content (AvgIpc) is 3.12. The van der Waals surface area contributed by atoms with Crippen LogP contribution in [0.25, 0.3) is 0 Å². The molecule has 1 N–H and O–H groups in total. The van der Waals surface area contributed by atoms with Gasteiger partial charge in [0.05, 0.1) is 20.1 Å². The molecule has 0 spiro atoms. The largest absolute Gasteiger partial charge is 0.481 e. The van der Waals surface area contributed by atoms with E-state index in [0.717, 1.165) is 0 Å². The first-order valence-electron chi connectivity index (χ1n) is 5.56. The number of aliphatic carboxylic acids is 1. The van der Waals surface area contributed by atoms with E-state index in [9.17, 15) is 14.4 Å². The third-order valence-corrected chi connectivity index (χ3v) is 2.88. The maximum absolute atomic E-state index is 11.3. The fourth-order valence-electron chi connectivity index (χ4n) is 1.67. The number of carbonyl (C=O) groups is 3. The smallest absolute Gasteiger partial charge is 0.320 e. The molecule has 0 aromatic rings. The number of esters is 2. The Morgan fingerprint density at radius 2 is 1.83 bits per heavy atom. The number of carbonyl (C=O) groups excluding carboxylic acids is 2. The summed E-state index contributed by atoms with van der Waals surface area (Å²) in [6.45, 7) is 0. The van der Waals surface area contributed by atoms with Gasteiger partial charge in [-0.15, -0.1) is 0 Å². The van der Waals surface area contributed by atoms with Crippen LogP contribution in [-0.4, -0.2) is 37.2 Å². The normalized spacial score (nSPS) is 21.9. The molecule has 6 nitrogen and oxygen atoms in total. The minimum atomic E-state index is -0.988. The molecule has 1 saturated carbocycles. The molecule has 1 fully saturated rings. The molecule has 6 heteroatoms. The second kappa shape index (κ2) is 6.18. The van der Waals surface area contributed by atoms with E-state index < -0.39 is 23.8 Å². The molecule has 0 aromatic carbocycles. The summed E-state index contributed by atoms with van der Waals surface area (Å²) in [5, 5.41) is 8.70. The molecule has 0 heterocycles. The molecule has 1 aliphatic rings. The lowest BCUT2D eigenvalue weighted by Gasteiger charge is -2.09. The summed E-state index contributed by atoms with van der Waals surface area (Å²) in [6.07, 6.45) is 4.11. The van der Waals surface area contributed by atoms with Crippen molar-refractivity contribution in [1.82, 2.24) is 0 Å². The molecule has 0 aliphatic heterocycles. The molecule has 0 aromatic heterocycles. The van der Waals surface area contributed by atoms with Gasteiger partial charge in [0, 0.05) is 0 Å². The van der Waals surface area contributed by atoms with Crippen molar-refractivity contribution in [2.75, 3.05) is 14.2 Å². The number of allylic oxidation sites excluding steroid dienone is 2. The molecule has 1 rings (SSSR count). The minimum absolute atomic E-state index is 0.00144. The summed E-state index contributed by atoms with van der Waals surface area (Å²) in [5.41, 5.74) is 0. The van der Waals surface area contributed by atoms with Gasteiger partial charge in [-0.2, -0.15) is 0 Å². The molecule has 18 heavy (non-hydrogen) atoms. The van der Waals surface area contributed by atoms with Gasteiger partial charge in [0.1, 0.15) is 0 Å². The van der Waals surface area contributed by atoms with Crippen LogP contribution in [0.2, 0.25) is 0 Å². The monoisotopic (exact) mass is 256 g/mol. The van der Waals surface area contributed by atoms with Crippen molar-refractivity contribution in [2.45, 2.75) is 12.8 Å². The zero-order valence-corrected chi connectivity index (χ0v) is 10.3. The Kier molecular flexibility index (Phi) is 4.88. The first-order chi connectivity index (χ1) is 8.51. The van der Waals surface area contributed by atoms with Crippen molar-refractivity contribution >= 4 is 17.9 Å². The van der Waals surface area contributed by atoms with E-state index in [-0.39, 0.29) is 18.3 Å². The summed E-state index contributed by atoms with van der Waals surface area (Å²) < 4.78 is 9.00. The van der Waals surface area contributed by atoms with Gasteiger partial charge < -0.3 is 14.6 Å². The van der Waals surface area contributed by atoms with Gasteiger partial charge in [-0.25, -0.2) is 0 Å². The van der Waals surface area contributed by atoms with Crippen molar-refractivity contribution in [3.8, 4) is 0 Å². The zero-order valence-electron chi connectivity index (χ0n) is 10.3. The van der Waals surface area contributed by atoms with Crippen molar-refractivity contribution in [3.63, 3.8) is 0 Å². The van der Waals surface area contributed by atoms with Crippen LogP contribution >= 0.6 is 0 Å². The maximum Gasteiger partial charge on any atom is 0.320 e. The molecule has 0 amide bonds. The molecule has 2 atom stereocenters. The summed E-state index contributed by atoms with van der Waals surface area (Å²) in [4.78, 5) is 33.2. The number of hydrogen-bond acceptors (Lipinski definition) is 5. The van der Waals surface area contributed by atoms with Crippen LogP contribution < -0.4 is 0 Å². The number of carboxylic acid groups (broad SMARTS) is 1. The van der Waals surface area contributed by atoms with Gasteiger partial charge in [0.2, 0.25) is 0 Å². The van der Waals surface area contributed by atoms with Crippen LogP contribution in [-0.2, 0) is 23.9 Å². The van der Waals surface area contributed by atoms with E-state index >= 15 is 0 Å².